The zero-order valence-corrected chi connectivity index (χ0v) is 12.4. The molecule has 0 saturated carbocycles. The van der Waals surface area contributed by atoms with Gasteiger partial charge in [0.2, 0.25) is 0 Å². The van der Waals surface area contributed by atoms with Crippen LogP contribution in [0.15, 0.2) is 34.5 Å². The van der Waals surface area contributed by atoms with E-state index in [-0.39, 0.29) is 0 Å². The van der Waals surface area contributed by atoms with Gasteiger partial charge >= 0.3 is 0 Å². The molecule has 1 aromatic heterocycles. The first kappa shape index (κ1) is 13.6. The number of aryl methyl sites for hydroxylation is 1. The summed E-state index contributed by atoms with van der Waals surface area (Å²) in [6, 6.07) is 8.77. The maximum atomic E-state index is 4.47. The van der Waals surface area contributed by atoms with E-state index in [1.165, 1.54) is 15.5 Å². The number of aromatic nitrogens is 1. The summed E-state index contributed by atoms with van der Waals surface area (Å²) < 4.78 is 0. The molecular weight excluding hydrogens is 260 g/mol. The SMILES string of the molecule is CCNCc1ccc(SCc2nc(C)cs2)cc1. The first-order valence-corrected chi connectivity index (χ1v) is 7.98. The number of thioether (sulfide) groups is 1. The molecule has 0 bridgehead atoms. The Morgan fingerprint density at radius 1 is 1.28 bits per heavy atom. The molecule has 0 aliphatic rings. The highest BCUT2D eigenvalue weighted by molar-refractivity contribution is 7.98. The molecule has 2 nitrogen and oxygen atoms in total. The number of hydrogen-bond acceptors (Lipinski definition) is 4. The Labute approximate surface area is 117 Å². The molecule has 0 radical (unpaired) electrons. The van der Waals surface area contributed by atoms with Crippen molar-refractivity contribution in [2.24, 2.45) is 0 Å². The maximum absolute atomic E-state index is 4.47. The highest BCUT2D eigenvalue weighted by Crippen LogP contribution is 2.24. The van der Waals surface area contributed by atoms with E-state index in [4.69, 9.17) is 0 Å². The maximum Gasteiger partial charge on any atom is 0.103 e. The molecule has 0 amide bonds. The third-order valence-corrected chi connectivity index (χ3v) is 4.70. The van der Waals surface area contributed by atoms with Gasteiger partial charge in [0, 0.05) is 22.5 Å². The molecule has 18 heavy (non-hydrogen) atoms. The van der Waals surface area contributed by atoms with Gasteiger partial charge in [0.25, 0.3) is 0 Å². The molecule has 2 rings (SSSR count). The van der Waals surface area contributed by atoms with Gasteiger partial charge in [-0.15, -0.1) is 23.1 Å². The van der Waals surface area contributed by atoms with Crippen molar-refractivity contribution in [3.8, 4) is 0 Å². The number of rotatable bonds is 6. The van der Waals surface area contributed by atoms with Crippen LogP contribution in [0.3, 0.4) is 0 Å². The van der Waals surface area contributed by atoms with Crippen LogP contribution in [0.25, 0.3) is 0 Å². The molecule has 96 valence electrons. The van der Waals surface area contributed by atoms with E-state index in [0.29, 0.717) is 0 Å². The van der Waals surface area contributed by atoms with Gasteiger partial charge in [0.05, 0.1) is 5.75 Å². The van der Waals surface area contributed by atoms with Crippen molar-refractivity contribution >= 4 is 23.1 Å². The minimum absolute atomic E-state index is 0.952. The van der Waals surface area contributed by atoms with Crippen LogP contribution in [0, 0.1) is 6.92 Å². The van der Waals surface area contributed by atoms with Gasteiger partial charge in [-0.1, -0.05) is 19.1 Å². The second kappa shape index (κ2) is 6.92. The standard InChI is InChI=1S/C14H18N2S2/c1-3-15-8-12-4-6-13(7-5-12)17-10-14-16-11(2)9-18-14/h4-7,9,15H,3,8,10H2,1-2H3. The van der Waals surface area contributed by atoms with Crippen molar-refractivity contribution in [1.29, 1.82) is 0 Å². The summed E-state index contributed by atoms with van der Waals surface area (Å²) in [4.78, 5) is 5.78. The average Bonchev–Trinajstić information content (AvgIpc) is 2.81. The summed E-state index contributed by atoms with van der Waals surface area (Å²) in [5.41, 5.74) is 2.46. The lowest BCUT2D eigenvalue weighted by atomic mass is 10.2. The van der Waals surface area contributed by atoms with E-state index >= 15 is 0 Å². The lowest BCUT2D eigenvalue weighted by Gasteiger charge is -2.04. The molecule has 1 heterocycles. The summed E-state index contributed by atoms with van der Waals surface area (Å²) in [5.74, 6) is 0.963. The second-order valence-corrected chi connectivity index (χ2v) is 6.09. The Morgan fingerprint density at radius 2 is 2.06 bits per heavy atom. The Bertz CT molecular complexity index is 477. The van der Waals surface area contributed by atoms with Gasteiger partial charge in [-0.2, -0.15) is 0 Å². The molecule has 0 spiro atoms. The molecule has 0 unspecified atom stereocenters. The van der Waals surface area contributed by atoms with Crippen molar-refractivity contribution < 1.29 is 0 Å². The third kappa shape index (κ3) is 4.12. The summed E-state index contributed by atoms with van der Waals surface area (Å²) in [6.45, 7) is 6.13. The number of nitrogens with one attached hydrogen (secondary N) is 1. The zero-order chi connectivity index (χ0) is 12.8. The molecule has 0 fully saturated rings. The normalized spacial score (nSPS) is 10.8. The van der Waals surface area contributed by atoms with Crippen LogP contribution in [-0.2, 0) is 12.3 Å². The molecule has 1 N–H and O–H groups in total. The van der Waals surface area contributed by atoms with E-state index in [0.717, 1.165) is 24.5 Å². The van der Waals surface area contributed by atoms with Crippen LogP contribution < -0.4 is 5.32 Å². The smallest absolute Gasteiger partial charge is 0.103 e. The average molecular weight is 278 g/mol. The lowest BCUT2D eigenvalue weighted by molar-refractivity contribution is 0.726. The van der Waals surface area contributed by atoms with E-state index < -0.39 is 0 Å². The van der Waals surface area contributed by atoms with Crippen LogP contribution in [0.5, 0.6) is 0 Å². The Hall–Kier alpha value is -0.840. The van der Waals surface area contributed by atoms with Gasteiger partial charge in [-0.3, -0.25) is 0 Å². The number of nitrogens with zero attached hydrogens (tertiary/aromatic N) is 1. The van der Waals surface area contributed by atoms with Gasteiger partial charge in [-0.05, 0) is 31.2 Å². The molecule has 4 heteroatoms. The van der Waals surface area contributed by atoms with Crippen molar-refractivity contribution in [3.05, 3.63) is 45.9 Å². The van der Waals surface area contributed by atoms with Crippen LogP contribution in [0.1, 0.15) is 23.2 Å². The molecule has 1 aromatic carbocycles. The first-order chi connectivity index (χ1) is 8.78. The second-order valence-electron chi connectivity index (χ2n) is 4.10. The van der Waals surface area contributed by atoms with Gasteiger partial charge in [0.15, 0.2) is 0 Å². The van der Waals surface area contributed by atoms with Crippen LogP contribution >= 0.6 is 23.1 Å². The number of thiazole rings is 1. The topological polar surface area (TPSA) is 24.9 Å². The van der Waals surface area contributed by atoms with Gasteiger partial charge in [0.1, 0.15) is 5.01 Å². The number of hydrogen-bond donors (Lipinski definition) is 1. The minimum atomic E-state index is 0.952. The van der Waals surface area contributed by atoms with E-state index in [1.807, 2.05) is 18.7 Å². The fraction of sp³-hybridized carbons (Fsp3) is 0.357. The van der Waals surface area contributed by atoms with E-state index in [2.05, 4.69) is 46.9 Å². The molecule has 0 aliphatic heterocycles. The van der Waals surface area contributed by atoms with Crippen LogP contribution in [0.2, 0.25) is 0 Å². The quantitative estimate of drug-likeness (QED) is 0.812. The summed E-state index contributed by atoms with van der Waals surface area (Å²) in [7, 11) is 0. The zero-order valence-electron chi connectivity index (χ0n) is 10.8. The van der Waals surface area contributed by atoms with E-state index in [1.54, 1.807) is 11.3 Å². The fourth-order valence-electron chi connectivity index (χ4n) is 1.59. The molecule has 0 saturated heterocycles. The monoisotopic (exact) mass is 278 g/mol. The van der Waals surface area contributed by atoms with Gasteiger partial charge < -0.3 is 5.32 Å². The molecular formula is C14H18N2S2. The summed E-state index contributed by atoms with van der Waals surface area (Å²) >= 11 is 3.59. The number of benzene rings is 1. The Morgan fingerprint density at radius 3 is 2.67 bits per heavy atom. The fourth-order valence-corrected chi connectivity index (χ4v) is 3.28. The van der Waals surface area contributed by atoms with Crippen molar-refractivity contribution in [2.75, 3.05) is 6.54 Å². The first-order valence-electron chi connectivity index (χ1n) is 6.11. The minimum Gasteiger partial charge on any atom is -0.313 e. The summed E-state index contributed by atoms with van der Waals surface area (Å²) in [6.07, 6.45) is 0. The van der Waals surface area contributed by atoms with E-state index in [9.17, 15) is 0 Å². The molecule has 2 aromatic rings. The van der Waals surface area contributed by atoms with Crippen molar-refractivity contribution in [2.45, 2.75) is 31.0 Å². The van der Waals surface area contributed by atoms with Crippen molar-refractivity contribution in [1.82, 2.24) is 10.3 Å². The highest BCUT2D eigenvalue weighted by atomic mass is 32.2. The third-order valence-electron chi connectivity index (χ3n) is 2.53. The Balaban J connectivity index is 1.86. The van der Waals surface area contributed by atoms with Crippen molar-refractivity contribution in [3.63, 3.8) is 0 Å². The van der Waals surface area contributed by atoms with Crippen LogP contribution in [-0.4, -0.2) is 11.5 Å². The molecule has 0 atom stereocenters. The Kier molecular flexibility index (Phi) is 5.23. The lowest BCUT2D eigenvalue weighted by Crippen LogP contribution is -2.11. The summed E-state index contributed by atoms with van der Waals surface area (Å²) in [5, 5.41) is 6.64. The highest BCUT2D eigenvalue weighted by Gasteiger charge is 2.00. The predicted octanol–water partition coefficient (Wildman–Crippen LogP) is 3.85. The predicted molar refractivity (Wildman–Crippen MR) is 80.2 cm³/mol. The van der Waals surface area contributed by atoms with Crippen LogP contribution in [0.4, 0.5) is 0 Å². The van der Waals surface area contributed by atoms with Gasteiger partial charge in [-0.25, -0.2) is 4.98 Å². The molecule has 0 aliphatic carbocycles. The largest absolute Gasteiger partial charge is 0.313 e.